The monoisotopic (exact) mass is 380 g/mol. The summed E-state index contributed by atoms with van der Waals surface area (Å²) in [7, 11) is 0. The van der Waals surface area contributed by atoms with Crippen LogP contribution in [0, 0.1) is 6.92 Å². The number of nitrogens with one attached hydrogen (secondary N) is 2. The van der Waals surface area contributed by atoms with E-state index < -0.39 is 6.36 Å². The van der Waals surface area contributed by atoms with Gasteiger partial charge in [-0.15, -0.1) is 13.2 Å². The van der Waals surface area contributed by atoms with Gasteiger partial charge >= 0.3 is 6.36 Å². The van der Waals surface area contributed by atoms with Gasteiger partial charge in [0.1, 0.15) is 5.75 Å². The van der Waals surface area contributed by atoms with Gasteiger partial charge in [-0.2, -0.15) is 0 Å². The molecule has 0 fully saturated rings. The van der Waals surface area contributed by atoms with Crippen LogP contribution in [0.25, 0.3) is 0 Å². The van der Waals surface area contributed by atoms with Crippen LogP contribution >= 0.6 is 0 Å². The summed E-state index contributed by atoms with van der Waals surface area (Å²) < 4.78 is 41.6. The first-order valence-corrected chi connectivity index (χ1v) is 8.64. The van der Waals surface area contributed by atoms with E-state index in [1.54, 1.807) is 18.3 Å². The molecule has 0 saturated carbocycles. The number of hydrogen-bond acceptors (Lipinski definition) is 3. The van der Waals surface area contributed by atoms with E-state index in [0.717, 1.165) is 12.0 Å². The van der Waals surface area contributed by atoms with E-state index in [-0.39, 0.29) is 12.3 Å². The van der Waals surface area contributed by atoms with E-state index in [1.165, 1.54) is 17.7 Å². The fourth-order valence-corrected chi connectivity index (χ4v) is 2.46. The lowest BCUT2D eigenvalue weighted by Gasteiger charge is -2.14. The maximum absolute atomic E-state index is 12.5. The normalized spacial score (nSPS) is 12.0. The number of alkyl halides is 3. The van der Waals surface area contributed by atoms with Crippen LogP contribution in [0.3, 0.4) is 0 Å². The molecule has 1 heterocycles. The molecule has 0 aliphatic carbocycles. The molecular formula is C19H23F3N4O. The van der Waals surface area contributed by atoms with Crippen LogP contribution in [0.4, 0.5) is 13.2 Å². The smallest absolute Gasteiger partial charge is 0.405 e. The molecule has 27 heavy (non-hydrogen) atoms. The third-order valence-corrected chi connectivity index (χ3v) is 3.77. The number of hydrogen-bond donors (Lipinski definition) is 2. The maximum Gasteiger partial charge on any atom is 0.573 e. The number of aryl methyl sites for hydroxylation is 1. The Balaban J connectivity index is 2.00. The van der Waals surface area contributed by atoms with E-state index in [1.807, 2.05) is 26.1 Å². The van der Waals surface area contributed by atoms with E-state index in [2.05, 4.69) is 25.3 Å². The number of aliphatic imine (C=N–C) groups is 1. The van der Waals surface area contributed by atoms with Crippen LogP contribution in [-0.2, 0) is 13.0 Å². The summed E-state index contributed by atoms with van der Waals surface area (Å²) in [5, 5.41) is 6.27. The number of benzene rings is 1. The van der Waals surface area contributed by atoms with Crippen molar-refractivity contribution >= 4 is 5.96 Å². The standard InChI is InChI=1S/C19H23F3N4O/c1-3-24-18(25-11-9-15-8-10-23-12-14(15)2)26-13-16-6-4-5-7-17(16)27-19(20,21)22/h4-8,10,12H,3,9,11,13H2,1-2H3,(H2,24,25,26). The largest absolute Gasteiger partial charge is 0.573 e. The van der Waals surface area contributed by atoms with Gasteiger partial charge in [-0.05, 0) is 43.5 Å². The lowest BCUT2D eigenvalue weighted by Crippen LogP contribution is -2.38. The van der Waals surface area contributed by atoms with Gasteiger partial charge in [0.15, 0.2) is 5.96 Å². The van der Waals surface area contributed by atoms with Gasteiger partial charge in [-0.25, -0.2) is 4.99 Å². The predicted molar refractivity (Wildman–Crippen MR) is 98.6 cm³/mol. The van der Waals surface area contributed by atoms with Gasteiger partial charge in [0.2, 0.25) is 0 Å². The van der Waals surface area contributed by atoms with Crippen molar-refractivity contribution in [3.63, 3.8) is 0 Å². The second kappa shape index (κ2) is 9.80. The van der Waals surface area contributed by atoms with E-state index in [0.29, 0.717) is 24.6 Å². The number of guanidine groups is 1. The van der Waals surface area contributed by atoms with Crippen LogP contribution in [0.5, 0.6) is 5.75 Å². The number of aromatic nitrogens is 1. The number of ether oxygens (including phenoxy) is 1. The molecule has 146 valence electrons. The first kappa shape index (κ1) is 20.5. The Labute approximate surface area is 156 Å². The zero-order chi connectivity index (χ0) is 19.7. The molecule has 2 N–H and O–H groups in total. The minimum atomic E-state index is -4.73. The van der Waals surface area contributed by atoms with E-state index >= 15 is 0 Å². The molecule has 8 heteroatoms. The minimum absolute atomic E-state index is 0.0653. The lowest BCUT2D eigenvalue weighted by atomic mass is 10.1. The summed E-state index contributed by atoms with van der Waals surface area (Å²) in [5.74, 6) is 0.294. The van der Waals surface area contributed by atoms with Gasteiger partial charge in [0.05, 0.1) is 6.54 Å². The summed E-state index contributed by atoms with van der Waals surface area (Å²) in [6, 6.07) is 7.96. The number of pyridine rings is 1. The minimum Gasteiger partial charge on any atom is -0.405 e. The van der Waals surface area contributed by atoms with Crippen molar-refractivity contribution in [2.45, 2.75) is 33.2 Å². The molecular weight excluding hydrogens is 357 g/mol. The molecule has 0 aliphatic heterocycles. The van der Waals surface area contributed by atoms with Crippen LogP contribution < -0.4 is 15.4 Å². The highest BCUT2D eigenvalue weighted by molar-refractivity contribution is 5.79. The molecule has 2 rings (SSSR count). The summed E-state index contributed by atoms with van der Waals surface area (Å²) in [5.41, 5.74) is 2.65. The third-order valence-electron chi connectivity index (χ3n) is 3.77. The van der Waals surface area contributed by atoms with Crippen molar-refractivity contribution in [3.05, 3.63) is 59.4 Å². The Morgan fingerprint density at radius 2 is 1.93 bits per heavy atom. The number of para-hydroxylation sites is 1. The molecule has 0 aliphatic rings. The zero-order valence-electron chi connectivity index (χ0n) is 15.3. The number of rotatable bonds is 7. The highest BCUT2D eigenvalue weighted by atomic mass is 19.4. The fraction of sp³-hybridized carbons (Fsp3) is 0.368. The Bertz CT molecular complexity index is 763. The van der Waals surface area contributed by atoms with Crippen molar-refractivity contribution in [1.82, 2.24) is 15.6 Å². The van der Waals surface area contributed by atoms with Gasteiger partial charge in [-0.3, -0.25) is 4.98 Å². The van der Waals surface area contributed by atoms with Crippen LogP contribution in [0.2, 0.25) is 0 Å². The molecule has 0 bridgehead atoms. The van der Waals surface area contributed by atoms with Gasteiger partial charge < -0.3 is 15.4 Å². The van der Waals surface area contributed by atoms with E-state index in [9.17, 15) is 13.2 Å². The number of halogens is 3. The lowest BCUT2D eigenvalue weighted by molar-refractivity contribution is -0.274. The Kier molecular flexibility index (Phi) is 7.45. The van der Waals surface area contributed by atoms with Gasteiger partial charge in [0.25, 0.3) is 0 Å². The maximum atomic E-state index is 12.5. The molecule has 0 spiro atoms. The molecule has 0 radical (unpaired) electrons. The van der Waals surface area contributed by atoms with Crippen molar-refractivity contribution in [2.24, 2.45) is 4.99 Å². The van der Waals surface area contributed by atoms with Crippen LogP contribution in [0.1, 0.15) is 23.6 Å². The first-order chi connectivity index (χ1) is 12.9. The summed E-state index contributed by atoms with van der Waals surface area (Å²) >= 11 is 0. The molecule has 1 aromatic heterocycles. The number of nitrogens with zero attached hydrogens (tertiary/aromatic N) is 2. The second-order valence-electron chi connectivity index (χ2n) is 5.83. The van der Waals surface area contributed by atoms with Gasteiger partial charge in [0, 0.05) is 31.0 Å². The SMILES string of the molecule is CCNC(=NCc1ccccc1OC(F)(F)F)NCCc1ccncc1C. The quantitative estimate of drug-likeness (QED) is 0.569. The summed E-state index contributed by atoms with van der Waals surface area (Å²) in [6.07, 6.45) is -0.386. The summed E-state index contributed by atoms with van der Waals surface area (Å²) in [6.45, 7) is 5.26. The van der Waals surface area contributed by atoms with Crippen molar-refractivity contribution in [1.29, 1.82) is 0 Å². The van der Waals surface area contributed by atoms with Crippen molar-refractivity contribution < 1.29 is 17.9 Å². The zero-order valence-corrected chi connectivity index (χ0v) is 15.3. The van der Waals surface area contributed by atoms with Crippen molar-refractivity contribution in [3.8, 4) is 5.75 Å². The molecule has 0 unspecified atom stereocenters. The average Bonchev–Trinajstić information content (AvgIpc) is 2.61. The molecule has 0 amide bonds. The third kappa shape index (κ3) is 7.16. The Morgan fingerprint density at radius 3 is 2.63 bits per heavy atom. The molecule has 2 aromatic rings. The molecule has 5 nitrogen and oxygen atoms in total. The average molecular weight is 380 g/mol. The predicted octanol–water partition coefficient (Wildman–Crippen LogP) is 3.59. The van der Waals surface area contributed by atoms with Gasteiger partial charge in [-0.1, -0.05) is 18.2 Å². The Morgan fingerprint density at radius 1 is 1.15 bits per heavy atom. The van der Waals surface area contributed by atoms with E-state index in [4.69, 9.17) is 0 Å². The topological polar surface area (TPSA) is 58.5 Å². The highest BCUT2D eigenvalue weighted by Crippen LogP contribution is 2.26. The second-order valence-corrected chi connectivity index (χ2v) is 5.83. The van der Waals surface area contributed by atoms with Crippen LogP contribution in [-0.4, -0.2) is 30.4 Å². The molecule has 0 saturated heterocycles. The van der Waals surface area contributed by atoms with Crippen LogP contribution in [0.15, 0.2) is 47.7 Å². The fourth-order valence-electron chi connectivity index (χ4n) is 2.46. The Hall–Kier alpha value is -2.77. The highest BCUT2D eigenvalue weighted by Gasteiger charge is 2.31. The first-order valence-electron chi connectivity index (χ1n) is 8.64. The van der Waals surface area contributed by atoms with Crippen molar-refractivity contribution in [2.75, 3.05) is 13.1 Å². The molecule has 0 atom stereocenters. The summed E-state index contributed by atoms with van der Waals surface area (Å²) in [4.78, 5) is 8.43. The molecule has 1 aromatic carbocycles.